The number of hydrogen-bond donors (Lipinski definition) is 3. The Morgan fingerprint density at radius 2 is 1.48 bits per heavy atom. The molecule has 2 saturated heterocycles. The molecule has 3 aromatic carbocycles. The number of nitrogens with one attached hydrogen (secondary N) is 1. The van der Waals surface area contributed by atoms with E-state index in [1.807, 2.05) is 77.7 Å². The first-order valence-corrected chi connectivity index (χ1v) is 14.0. The Kier molecular flexibility index (Phi) is 6.00. The van der Waals surface area contributed by atoms with Crippen LogP contribution in [-0.4, -0.2) is 62.4 Å². The lowest BCUT2D eigenvalue weighted by Crippen LogP contribution is -2.69. The topological polar surface area (TPSA) is 76.0 Å². The van der Waals surface area contributed by atoms with Crippen LogP contribution in [0.5, 0.6) is 0 Å². The van der Waals surface area contributed by atoms with Gasteiger partial charge in [-0.15, -0.1) is 0 Å². The van der Waals surface area contributed by atoms with Crippen LogP contribution in [-0.2, 0) is 11.3 Å². The number of amides is 1. The smallest absolute Gasteiger partial charge is 0.240 e. The second-order valence-corrected chi connectivity index (χ2v) is 11.3. The summed E-state index contributed by atoms with van der Waals surface area (Å²) in [4.78, 5) is 18.4. The molecule has 3 aromatic rings. The molecule has 3 aliphatic heterocycles. The molecule has 0 radical (unpaired) electrons. The molecule has 2 bridgehead atoms. The van der Waals surface area contributed by atoms with Crippen molar-refractivity contribution in [1.82, 2.24) is 15.1 Å². The summed E-state index contributed by atoms with van der Waals surface area (Å²) in [5.74, 6) is 0.0562. The van der Waals surface area contributed by atoms with E-state index in [1.54, 1.807) is 6.08 Å². The molecule has 4 aliphatic rings. The first-order chi connectivity index (χ1) is 19.5. The van der Waals surface area contributed by atoms with E-state index in [0.717, 1.165) is 11.1 Å². The molecule has 1 amide bonds. The number of carbonyl (C=O) groups excluding carboxylic acids is 1. The van der Waals surface area contributed by atoms with Gasteiger partial charge in [-0.1, -0.05) is 97.1 Å². The average Bonchev–Trinajstić information content (AvgIpc) is 3.44. The number of aliphatic hydroxyl groups is 2. The van der Waals surface area contributed by atoms with Crippen LogP contribution in [0.2, 0.25) is 0 Å². The van der Waals surface area contributed by atoms with Crippen LogP contribution in [0.4, 0.5) is 0 Å². The molecule has 3 heterocycles. The normalized spacial score (nSPS) is 30.9. The Morgan fingerprint density at radius 1 is 0.850 bits per heavy atom. The number of carbonyl (C=O) groups is 1. The van der Waals surface area contributed by atoms with Crippen molar-refractivity contribution in [1.29, 1.82) is 0 Å². The Balaban J connectivity index is 1.25. The van der Waals surface area contributed by atoms with Gasteiger partial charge in [-0.25, -0.2) is 0 Å². The van der Waals surface area contributed by atoms with Gasteiger partial charge in [0.25, 0.3) is 0 Å². The highest BCUT2D eigenvalue weighted by Crippen LogP contribution is 2.53. The van der Waals surface area contributed by atoms with Crippen molar-refractivity contribution in [3.63, 3.8) is 0 Å². The van der Waals surface area contributed by atoms with Gasteiger partial charge >= 0.3 is 0 Å². The minimum absolute atomic E-state index is 0.0123. The predicted octanol–water partition coefficient (Wildman–Crippen LogP) is 4.27. The second-order valence-electron chi connectivity index (χ2n) is 11.3. The molecule has 0 spiro atoms. The summed E-state index contributed by atoms with van der Waals surface area (Å²) in [5.41, 5.74) is 1.94. The van der Waals surface area contributed by atoms with Gasteiger partial charge in [0.1, 0.15) is 17.0 Å². The molecule has 3 N–H and O–H groups in total. The van der Waals surface area contributed by atoms with E-state index in [9.17, 15) is 15.0 Å². The SMILES string of the molecule is O=C1[C@@H]2CC3(O)/C=C(O)\C=C/C4=CC3(NCc3ccccc3)N2[C@H]4CN1CC(c1ccccc1)c1ccccc1. The summed E-state index contributed by atoms with van der Waals surface area (Å²) in [7, 11) is 0. The molecule has 0 aromatic heterocycles. The van der Waals surface area contributed by atoms with Gasteiger partial charge in [0.2, 0.25) is 5.91 Å². The summed E-state index contributed by atoms with van der Waals surface area (Å²) in [6.07, 6.45) is 7.38. The van der Waals surface area contributed by atoms with Crippen molar-refractivity contribution >= 4 is 5.91 Å². The van der Waals surface area contributed by atoms with E-state index in [2.05, 4.69) is 40.6 Å². The number of allylic oxidation sites excluding steroid dienone is 1. The zero-order chi connectivity index (χ0) is 27.3. The van der Waals surface area contributed by atoms with Crippen LogP contribution < -0.4 is 5.32 Å². The van der Waals surface area contributed by atoms with Crippen LogP contribution >= 0.6 is 0 Å². The van der Waals surface area contributed by atoms with E-state index in [1.165, 1.54) is 17.2 Å². The number of benzene rings is 3. The third kappa shape index (κ3) is 3.94. The highest BCUT2D eigenvalue weighted by Gasteiger charge is 2.69. The summed E-state index contributed by atoms with van der Waals surface area (Å²) in [6, 6.07) is 30.1. The van der Waals surface area contributed by atoms with Crippen molar-refractivity contribution < 1.29 is 15.0 Å². The van der Waals surface area contributed by atoms with Gasteiger partial charge < -0.3 is 15.1 Å². The molecule has 2 unspecified atom stereocenters. The molecular formula is C34H33N3O3. The molecule has 4 atom stereocenters. The minimum Gasteiger partial charge on any atom is -0.508 e. The van der Waals surface area contributed by atoms with E-state index < -0.39 is 17.3 Å². The van der Waals surface area contributed by atoms with Crippen LogP contribution in [0.15, 0.2) is 127 Å². The fourth-order valence-electron chi connectivity index (χ4n) is 7.18. The first kappa shape index (κ1) is 25.0. The Morgan fingerprint density at radius 3 is 2.12 bits per heavy atom. The predicted molar refractivity (Wildman–Crippen MR) is 154 cm³/mol. The van der Waals surface area contributed by atoms with Gasteiger partial charge in [-0.2, -0.15) is 0 Å². The molecule has 2 fully saturated rings. The highest BCUT2D eigenvalue weighted by atomic mass is 16.3. The molecule has 6 nitrogen and oxygen atoms in total. The quantitative estimate of drug-likeness (QED) is 0.425. The van der Waals surface area contributed by atoms with Crippen LogP contribution in [0.3, 0.4) is 0 Å². The summed E-state index contributed by atoms with van der Waals surface area (Å²) >= 11 is 0. The molecule has 1 aliphatic carbocycles. The van der Waals surface area contributed by atoms with Crippen LogP contribution in [0.25, 0.3) is 0 Å². The molecule has 6 heteroatoms. The van der Waals surface area contributed by atoms with Crippen molar-refractivity contribution in [2.75, 3.05) is 13.1 Å². The van der Waals surface area contributed by atoms with Gasteiger partial charge in [0.15, 0.2) is 0 Å². The number of hydrogen-bond acceptors (Lipinski definition) is 5. The zero-order valence-electron chi connectivity index (χ0n) is 22.2. The van der Waals surface area contributed by atoms with E-state index in [4.69, 9.17) is 0 Å². The third-order valence-electron chi connectivity index (χ3n) is 9.04. The van der Waals surface area contributed by atoms with E-state index >= 15 is 0 Å². The summed E-state index contributed by atoms with van der Waals surface area (Å²) < 4.78 is 0. The van der Waals surface area contributed by atoms with Crippen molar-refractivity contribution in [2.24, 2.45) is 0 Å². The number of fused-ring (bicyclic) bond motifs is 1. The van der Waals surface area contributed by atoms with Crippen molar-refractivity contribution in [2.45, 2.75) is 42.2 Å². The van der Waals surface area contributed by atoms with E-state index in [-0.39, 0.29) is 30.0 Å². The van der Waals surface area contributed by atoms with Crippen molar-refractivity contribution in [3.05, 3.63) is 143 Å². The summed E-state index contributed by atoms with van der Waals surface area (Å²) in [6.45, 7) is 1.57. The van der Waals surface area contributed by atoms with Crippen LogP contribution in [0.1, 0.15) is 29.0 Å². The Labute approximate surface area is 234 Å². The molecule has 40 heavy (non-hydrogen) atoms. The van der Waals surface area contributed by atoms with Crippen molar-refractivity contribution in [3.8, 4) is 0 Å². The third-order valence-corrected chi connectivity index (χ3v) is 9.04. The second kappa shape index (κ2) is 9.59. The van der Waals surface area contributed by atoms with Gasteiger partial charge in [0, 0.05) is 32.0 Å². The molecule has 0 saturated carbocycles. The van der Waals surface area contributed by atoms with E-state index in [0.29, 0.717) is 19.6 Å². The fourth-order valence-corrected chi connectivity index (χ4v) is 7.18. The lowest BCUT2D eigenvalue weighted by Gasteiger charge is -2.48. The highest BCUT2D eigenvalue weighted by molar-refractivity contribution is 5.85. The summed E-state index contributed by atoms with van der Waals surface area (Å²) in [5, 5.41) is 26.5. The fraction of sp³-hybridized carbons (Fsp3) is 0.265. The maximum absolute atomic E-state index is 14.3. The maximum atomic E-state index is 14.3. The lowest BCUT2D eigenvalue weighted by molar-refractivity contribution is -0.145. The Hall–Kier alpha value is -3.97. The minimum atomic E-state index is -1.47. The number of nitrogens with zero attached hydrogens (tertiary/aromatic N) is 2. The Bertz CT molecular complexity index is 1460. The van der Waals surface area contributed by atoms with Gasteiger partial charge in [-0.3, -0.25) is 15.0 Å². The van der Waals surface area contributed by atoms with Gasteiger partial charge in [-0.05, 0) is 40.5 Å². The number of aliphatic hydroxyl groups excluding tert-OH is 1. The van der Waals surface area contributed by atoms with Crippen LogP contribution in [0, 0.1) is 0 Å². The lowest BCUT2D eigenvalue weighted by atomic mass is 9.84. The standard InChI is InChI=1S/C34H33N3O3/c38-28-17-16-27-18-34(35-21-24-10-4-1-5-11-24)33(40,19-28)20-30-32(39)36(23-31(27)37(30)34)22-29(25-12-6-2-7-13-25)26-14-8-3-9-15-26/h1-19,29-31,35,38,40H,20-23H2/b17-16-,28-19+/t30-,31-,33?,34?/m0/s1. The zero-order valence-corrected chi connectivity index (χ0v) is 22.2. The molecule has 7 rings (SSSR count). The number of rotatable bonds is 7. The monoisotopic (exact) mass is 531 g/mol. The maximum Gasteiger partial charge on any atom is 0.240 e. The number of piperazine rings is 1. The average molecular weight is 532 g/mol. The molecule has 202 valence electrons. The largest absolute Gasteiger partial charge is 0.508 e. The van der Waals surface area contributed by atoms with Gasteiger partial charge in [0.05, 0.1) is 12.1 Å². The molecular weight excluding hydrogens is 498 g/mol. The first-order valence-electron chi connectivity index (χ1n) is 14.0.